The van der Waals surface area contributed by atoms with Gasteiger partial charge < -0.3 is 5.32 Å². The number of benzene rings is 1. The molecule has 31 heavy (non-hydrogen) atoms. The van der Waals surface area contributed by atoms with Crippen LogP contribution in [0.1, 0.15) is 40.0 Å². The summed E-state index contributed by atoms with van der Waals surface area (Å²) in [6, 6.07) is 13.1. The van der Waals surface area contributed by atoms with Crippen molar-refractivity contribution in [2.45, 2.75) is 32.6 Å². The second-order valence-electron chi connectivity index (χ2n) is 7.65. The molecule has 2 N–H and O–H groups in total. The normalized spacial score (nSPS) is 13.1. The highest BCUT2D eigenvalue weighted by molar-refractivity contribution is 7.13. The van der Waals surface area contributed by atoms with Gasteiger partial charge in [0.15, 0.2) is 0 Å². The molecule has 7 nitrogen and oxygen atoms in total. The van der Waals surface area contributed by atoms with Gasteiger partial charge in [-0.1, -0.05) is 23.8 Å². The van der Waals surface area contributed by atoms with Gasteiger partial charge in [0.2, 0.25) is 5.95 Å². The van der Waals surface area contributed by atoms with Crippen LogP contribution < -0.4 is 10.9 Å². The number of nitrogens with one attached hydrogen (secondary N) is 2. The fraction of sp³-hybridized carbons (Fsp3) is 0.217. The summed E-state index contributed by atoms with van der Waals surface area (Å²) in [7, 11) is 0. The zero-order valence-corrected chi connectivity index (χ0v) is 17.8. The van der Waals surface area contributed by atoms with Crippen LogP contribution in [-0.4, -0.2) is 25.7 Å². The number of rotatable bonds is 4. The van der Waals surface area contributed by atoms with Crippen molar-refractivity contribution in [2.24, 2.45) is 0 Å². The lowest BCUT2D eigenvalue weighted by Gasteiger charge is -2.15. The van der Waals surface area contributed by atoms with Gasteiger partial charge in [-0.3, -0.25) is 14.6 Å². The van der Waals surface area contributed by atoms with E-state index >= 15 is 0 Å². The maximum atomic E-state index is 12.9. The van der Waals surface area contributed by atoms with Crippen molar-refractivity contribution in [3.63, 3.8) is 0 Å². The van der Waals surface area contributed by atoms with Crippen LogP contribution in [0.3, 0.4) is 0 Å². The van der Waals surface area contributed by atoms with E-state index in [1.54, 1.807) is 29.5 Å². The number of hydrogen-bond acceptors (Lipinski definition) is 5. The minimum absolute atomic E-state index is 0.135. The van der Waals surface area contributed by atoms with Gasteiger partial charge in [-0.15, -0.1) is 11.3 Å². The summed E-state index contributed by atoms with van der Waals surface area (Å²) in [6.45, 7) is 1.97. The van der Waals surface area contributed by atoms with Crippen molar-refractivity contribution in [2.75, 3.05) is 5.32 Å². The van der Waals surface area contributed by atoms with Crippen molar-refractivity contribution in [3.05, 3.63) is 80.6 Å². The van der Waals surface area contributed by atoms with Crippen LogP contribution in [0.4, 0.5) is 5.82 Å². The molecule has 1 amide bonds. The molecule has 4 aromatic rings. The number of aromatic nitrogens is 4. The number of hydrogen-bond donors (Lipinski definition) is 2. The van der Waals surface area contributed by atoms with Gasteiger partial charge in [-0.2, -0.15) is 9.78 Å². The second-order valence-corrected chi connectivity index (χ2v) is 8.59. The van der Waals surface area contributed by atoms with Gasteiger partial charge >= 0.3 is 0 Å². The van der Waals surface area contributed by atoms with Crippen molar-refractivity contribution in [1.82, 2.24) is 19.7 Å². The topological polar surface area (TPSA) is 92.7 Å². The monoisotopic (exact) mass is 431 g/mol. The Hall–Kier alpha value is -3.52. The minimum atomic E-state index is -0.251. The van der Waals surface area contributed by atoms with Crippen LogP contribution in [0.5, 0.6) is 0 Å². The van der Waals surface area contributed by atoms with Gasteiger partial charge in [0, 0.05) is 17.2 Å². The van der Waals surface area contributed by atoms with Crippen LogP contribution in [0, 0.1) is 6.92 Å². The Balaban J connectivity index is 1.58. The number of fused-ring (bicyclic) bond motifs is 1. The fourth-order valence-corrected chi connectivity index (χ4v) is 4.44. The maximum Gasteiger partial charge on any atom is 0.256 e. The first kappa shape index (κ1) is 19.4. The number of nitrogens with zero attached hydrogens (tertiary/aromatic N) is 3. The predicted octanol–water partition coefficient (Wildman–Crippen LogP) is 4.12. The first-order valence-electron chi connectivity index (χ1n) is 10.2. The molecule has 0 saturated carbocycles. The van der Waals surface area contributed by atoms with Crippen molar-refractivity contribution in [1.29, 1.82) is 0 Å². The summed E-state index contributed by atoms with van der Waals surface area (Å²) >= 11 is 1.56. The summed E-state index contributed by atoms with van der Waals surface area (Å²) < 4.78 is 1.51. The Bertz CT molecular complexity index is 1300. The van der Waals surface area contributed by atoms with Crippen molar-refractivity contribution in [3.8, 4) is 16.5 Å². The highest BCUT2D eigenvalue weighted by Gasteiger charge is 2.20. The standard InChI is InChI=1S/C23H21N5O2S/c1-14-8-10-15(11-9-14)21(29)25-20-13-18(19-7-4-12-31-19)27-28(20)23-24-17-6-3-2-5-16(17)22(30)26-23/h4,7-13H,2-3,5-6H2,1H3,(H,25,29)(H,24,26,30). The summed E-state index contributed by atoms with van der Waals surface area (Å²) in [5.74, 6) is 0.514. The Morgan fingerprint density at radius 1 is 1.16 bits per heavy atom. The molecule has 1 aliphatic rings. The van der Waals surface area contributed by atoms with E-state index in [1.165, 1.54) is 4.68 Å². The van der Waals surface area contributed by atoms with Gasteiger partial charge in [-0.25, -0.2) is 4.98 Å². The van der Waals surface area contributed by atoms with Gasteiger partial charge in [-0.05, 0) is 56.2 Å². The molecule has 0 unspecified atom stereocenters. The number of H-pyrrole nitrogens is 1. The Labute approximate surface area is 182 Å². The number of carbonyl (C=O) groups excluding carboxylic acids is 1. The molecule has 0 atom stereocenters. The Morgan fingerprint density at radius 3 is 2.74 bits per heavy atom. The molecule has 0 saturated heterocycles. The number of thiophene rings is 1. The molecule has 0 aliphatic heterocycles. The molecule has 3 aromatic heterocycles. The lowest BCUT2D eigenvalue weighted by Crippen LogP contribution is -2.24. The molecule has 1 aromatic carbocycles. The molecule has 3 heterocycles. The van der Waals surface area contributed by atoms with E-state index < -0.39 is 0 Å². The summed E-state index contributed by atoms with van der Waals surface area (Å²) in [6.07, 6.45) is 3.53. The van der Waals surface area contributed by atoms with Crippen LogP contribution in [0.2, 0.25) is 0 Å². The van der Waals surface area contributed by atoms with E-state index in [2.05, 4.69) is 20.4 Å². The van der Waals surface area contributed by atoms with Crippen LogP contribution >= 0.6 is 11.3 Å². The van der Waals surface area contributed by atoms with E-state index in [-0.39, 0.29) is 11.5 Å². The Morgan fingerprint density at radius 2 is 1.97 bits per heavy atom. The van der Waals surface area contributed by atoms with E-state index in [1.807, 2.05) is 36.6 Å². The number of anilines is 1. The van der Waals surface area contributed by atoms with Crippen LogP contribution in [0.25, 0.3) is 16.5 Å². The third-order valence-electron chi connectivity index (χ3n) is 5.42. The fourth-order valence-electron chi connectivity index (χ4n) is 3.76. The third-order valence-corrected chi connectivity index (χ3v) is 6.31. The molecular weight excluding hydrogens is 410 g/mol. The summed E-state index contributed by atoms with van der Waals surface area (Å²) in [5.41, 5.74) is 3.76. The number of aromatic amines is 1. The minimum Gasteiger partial charge on any atom is -0.306 e. The molecule has 0 radical (unpaired) electrons. The SMILES string of the molecule is Cc1ccc(C(=O)Nc2cc(-c3cccs3)nn2-c2nc3c(c(=O)[nH]2)CCCC3)cc1. The highest BCUT2D eigenvalue weighted by Crippen LogP contribution is 2.28. The predicted molar refractivity (Wildman–Crippen MR) is 121 cm³/mol. The van der Waals surface area contributed by atoms with Crippen LogP contribution in [-0.2, 0) is 12.8 Å². The van der Waals surface area contributed by atoms with Crippen molar-refractivity contribution < 1.29 is 4.79 Å². The second kappa shape index (κ2) is 7.96. The zero-order chi connectivity index (χ0) is 21.4. The third kappa shape index (κ3) is 3.82. The van der Waals surface area contributed by atoms with Gasteiger partial charge in [0.05, 0.1) is 10.6 Å². The molecular formula is C23H21N5O2S. The van der Waals surface area contributed by atoms with E-state index in [9.17, 15) is 9.59 Å². The quantitative estimate of drug-likeness (QED) is 0.508. The summed E-state index contributed by atoms with van der Waals surface area (Å²) in [5, 5.41) is 9.55. The molecule has 8 heteroatoms. The Kier molecular flexibility index (Phi) is 4.99. The zero-order valence-electron chi connectivity index (χ0n) is 17.0. The number of carbonyl (C=O) groups is 1. The number of amides is 1. The first-order valence-corrected chi connectivity index (χ1v) is 11.1. The van der Waals surface area contributed by atoms with E-state index in [0.29, 0.717) is 23.0 Å². The lowest BCUT2D eigenvalue weighted by molar-refractivity contribution is 0.102. The van der Waals surface area contributed by atoms with Gasteiger partial charge in [0.1, 0.15) is 11.5 Å². The average molecular weight is 432 g/mol. The maximum absolute atomic E-state index is 12.9. The largest absolute Gasteiger partial charge is 0.306 e. The summed E-state index contributed by atoms with van der Waals surface area (Å²) in [4.78, 5) is 34.0. The molecule has 0 spiro atoms. The van der Waals surface area contributed by atoms with Crippen molar-refractivity contribution >= 4 is 23.1 Å². The van der Waals surface area contributed by atoms with Gasteiger partial charge in [0.25, 0.3) is 11.5 Å². The van der Waals surface area contributed by atoms with E-state index in [4.69, 9.17) is 0 Å². The molecule has 5 rings (SSSR count). The highest BCUT2D eigenvalue weighted by atomic mass is 32.1. The molecule has 0 bridgehead atoms. The molecule has 0 fully saturated rings. The van der Waals surface area contributed by atoms with E-state index in [0.717, 1.165) is 47.4 Å². The lowest BCUT2D eigenvalue weighted by atomic mass is 9.97. The molecule has 1 aliphatic carbocycles. The molecule has 156 valence electrons. The van der Waals surface area contributed by atoms with Crippen LogP contribution in [0.15, 0.2) is 52.6 Å². The smallest absolute Gasteiger partial charge is 0.256 e. The average Bonchev–Trinajstić information content (AvgIpc) is 3.44. The number of aryl methyl sites for hydroxylation is 2. The first-order chi connectivity index (χ1) is 15.1.